The predicted octanol–water partition coefficient (Wildman–Crippen LogP) is 8.01. The highest BCUT2D eigenvalue weighted by atomic mass is 127. The molecule has 38 heavy (non-hydrogen) atoms. The van der Waals surface area contributed by atoms with Gasteiger partial charge in [-0.1, -0.05) is 39.3 Å². The van der Waals surface area contributed by atoms with Crippen molar-refractivity contribution >= 4 is 28.6 Å². The number of nitrogens with zero attached hydrogens (tertiary/aromatic N) is 3. The van der Waals surface area contributed by atoms with Gasteiger partial charge in [-0.25, -0.2) is 0 Å². The Bertz CT molecular complexity index is 1040. The number of aryl methyl sites for hydroxylation is 1. The highest BCUT2D eigenvalue weighted by molar-refractivity contribution is 14.1. The average Bonchev–Trinajstić information content (AvgIpc) is 3.35. The van der Waals surface area contributed by atoms with E-state index in [0.29, 0.717) is 48.3 Å². The van der Waals surface area contributed by atoms with Crippen molar-refractivity contribution < 1.29 is 32.0 Å². The van der Waals surface area contributed by atoms with Crippen LogP contribution < -0.4 is 0 Å². The first-order valence-corrected chi connectivity index (χ1v) is 14.2. The summed E-state index contributed by atoms with van der Waals surface area (Å²) in [6.07, 6.45) is 0.603. The Morgan fingerprint density at radius 2 is 1.79 bits per heavy atom. The fourth-order valence-electron chi connectivity index (χ4n) is 3.77. The van der Waals surface area contributed by atoms with Crippen LogP contribution in [-0.2, 0) is 27.0 Å². The number of hydrogen-bond donors (Lipinski definition) is 0. The van der Waals surface area contributed by atoms with Crippen molar-refractivity contribution in [3.05, 3.63) is 21.2 Å². The zero-order chi connectivity index (χ0) is 28.7. The maximum atomic E-state index is 13.9. The number of ether oxygens (including phenoxy) is 2. The third-order valence-electron chi connectivity index (χ3n) is 5.73. The van der Waals surface area contributed by atoms with Gasteiger partial charge in [0, 0.05) is 31.9 Å². The largest absolute Gasteiger partial charge is 0.460 e. The van der Waals surface area contributed by atoms with E-state index in [-0.39, 0.29) is 23.2 Å². The minimum Gasteiger partial charge on any atom is -0.460 e. The lowest BCUT2D eigenvalue weighted by atomic mass is 9.92. The molecule has 0 aliphatic heterocycles. The Balaban J connectivity index is 2.35. The summed E-state index contributed by atoms with van der Waals surface area (Å²) in [6.45, 7) is 15.0. The highest BCUT2D eigenvalue weighted by Gasteiger charge is 2.40. The van der Waals surface area contributed by atoms with Crippen molar-refractivity contribution in [1.29, 1.82) is 0 Å². The lowest BCUT2D eigenvalue weighted by molar-refractivity contribution is -0.155. The SMILES string of the molecule is CCCCOCCC[C@@H](CC(=O)OC(C)(C)C)c1noc(-c2cn(CCC(C)(C)C)nc2C(F)(F)F)c1I. The number of rotatable bonds is 13. The number of aromatic nitrogens is 3. The number of carbonyl (C=O) groups excluding carboxylic acids is 1. The Morgan fingerprint density at radius 1 is 1.13 bits per heavy atom. The molecule has 11 heteroatoms. The Labute approximate surface area is 237 Å². The Kier molecular flexibility index (Phi) is 11.7. The Morgan fingerprint density at radius 3 is 2.37 bits per heavy atom. The standard InChI is InChI=1S/C27H41F3IN3O4/c1-8-9-14-36-15-10-11-18(16-20(35)37-26(5,6)7)22-21(31)23(38-33-22)19-17-34(13-12-25(2,3)4)32-24(19)27(28,29)30/h17-18H,8-16H2,1-7H3/t18-/m0/s1. The minimum atomic E-state index is -4.66. The number of alkyl halides is 3. The number of esters is 1. The maximum Gasteiger partial charge on any atom is 0.435 e. The molecule has 0 spiro atoms. The summed E-state index contributed by atoms with van der Waals surface area (Å²) < 4.78 is 60.2. The fraction of sp³-hybridized carbons (Fsp3) is 0.741. The molecule has 0 N–H and O–H groups in total. The molecule has 2 heterocycles. The van der Waals surface area contributed by atoms with Crippen molar-refractivity contribution in [2.24, 2.45) is 5.41 Å². The molecule has 0 saturated carbocycles. The van der Waals surface area contributed by atoms with E-state index in [9.17, 15) is 18.0 Å². The van der Waals surface area contributed by atoms with Crippen LogP contribution in [0.3, 0.4) is 0 Å². The summed E-state index contributed by atoms with van der Waals surface area (Å²) in [4.78, 5) is 12.7. The van der Waals surface area contributed by atoms with Crippen molar-refractivity contribution in [3.8, 4) is 11.3 Å². The molecule has 1 atom stereocenters. The third-order valence-corrected chi connectivity index (χ3v) is 6.77. The maximum absolute atomic E-state index is 13.9. The number of halogens is 4. The zero-order valence-electron chi connectivity index (χ0n) is 23.5. The van der Waals surface area contributed by atoms with Gasteiger partial charge >= 0.3 is 12.1 Å². The van der Waals surface area contributed by atoms with Gasteiger partial charge in [0.15, 0.2) is 11.5 Å². The van der Waals surface area contributed by atoms with E-state index in [0.717, 1.165) is 12.8 Å². The molecule has 0 unspecified atom stereocenters. The molecule has 0 aromatic carbocycles. The van der Waals surface area contributed by atoms with Gasteiger partial charge in [-0.3, -0.25) is 9.48 Å². The van der Waals surface area contributed by atoms with Crippen LogP contribution in [0.15, 0.2) is 10.7 Å². The van der Waals surface area contributed by atoms with E-state index < -0.39 is 29.4 Å². The first-order chi connectivity index (χ1) is 17.5. The van der Waals surface area contributed by atoms with E-state index in [2.05, 4.69) is 17.2 Å². The van der Waals surface area contributed by atoms with Crippen LogP contribution in [0, 0.1) is 8.99 Å². The summed E-state index contributed by atoms with van der Waals surface area (Å²) >= 11 is 1.95. The molecule has 7 nitrogen and oxygen atoms in total. The molecule has 0 aliphatic rings. The van der Waals surface area contributed by atoms with Gasteiger partial charge in [0.25, 0.3) is 0 Å². The quantitative estimate of drug-likeness (QED) is 0.124. The van der Waals surface area contributed by atoms with Gasteiger partial charge in [-0.05, 0) is 74.5 Å². The summed E-state index contributed by atoms with van der Waals surface area (Å²) in [6, 6.07) is 0. The number of unbranched alkanes of at least 4 members (excludes halogenated alkanes) is 1. The third kappa shape index (κ3) is 10.5. The Hall–Kier alpha value is -1.63. The van der Waals surface area contributed by atoms with Crippen LogP contribution in [0.5, 0.6) is 0 Å². The van der Waals surface area contributed by atoms with Crippen molar-refractivity contribution in [1.82, 2.24) is 14.9 Å². The van der Waals surface area contributed by atoms with Gasteiger partial charge in [0.1, 0.15) is 11.3 Å². The molecule has 0 radical (unpaired) electrons. The van der Waals surface area contributed by atoms with Crippen LogP contribution in [0.1, 0.15) is 104 Å². The summed E-state index contributed by atoms with van der Waals surface area (Å²) in [5.74, 6) is -0.793. The average molecular weight is 656 g/mol. The summed E-state index contributed by atoms with van der Waals surface area (Å²) in [5, 5.41) is 7.99. The topological polar surface area (TPSA) is 79.4 Å². The molecule has 216 valence electrons. The molecule has 0 bridgehead atoms. The first kappa shape index (κ1) is 32.6. The molecular formula is C27H41F3IN3O4. The monoisotopic (exact) mass is 655 g/mol. The molecule has 0 amide bonds. The van der Waals surface area contributed by atoms with Gasteiger partial charge in [0.2, 0.25) is 0 Å². The molecule has 2 aromatic rings. The van der Waals surface area contributed by atoms with Crippen LogP contribution in [0.25, 0.3) is 11.3 Å². The normalized spacial score (nSPS) is 13.7. The van der Waals surface area contributed by atoms with E-state index in [4.69, 9.17) is 14.0 Å². The molecule has 0 aliphatic carbocycles. The predicted molar refractivity (Wildman–Crippen MR) is 148 cm³/mol. The van der Waals surface area contributed by atoms with Crippen LogP contribution in [0.4, 0.5) is 13.2 Å². The molecular weight excluding hydrogens is 614 g/mol. The second-order valence-electron chi connectivity index (χ2n) is 11.8. The summed E-state index contributed by atoms with van der Waals surface area (Å²) in [7, 11) is 0. The summed E-state index contributed by atoms with van der Waals surface area (Å²) in [5.41, 5.74) is -1.45. The second-order valence-corrected chi connectivity index (χ2v) is 12.8. The van der Waals surface area contributed by atoms with E-state index in [1.165, 1.54) is 10.9 Å². The highest BCUT2D eigenvalue weighted by Crippen LogP contribution is 2.41. The number of hydrogen-bond acceptors (Lipinski definition) is 6. The zero-order valence-corrected chi connectivity index (χ0v) is 25.7. The molecule has 2 rings (SSSR count). The fourth-order valence-corrected chi connectivity index (χ4v) is 4.70. The van der Waals surface area contributed by atoms with Crippen LogP contribution >= 0.6 is 22.6 Å². The van der Waals surface area contributed by atoms with Gasteiger partial charge in [-0.15, -0.1) is 0 Å². The number of carbonyl (C=O) groups is 1. The van der Waals surface area contributed by atoms with Crippen molar-refractivity contribution in [2.45, 2.75) is 111 Å². The smallest absolute Gasteiger partial charge is 0.435 e. The van der Waals surface area contributed by atoms with Gasteiger partial charge in [-0.2, -0.15) is 18.3 Å². The van der Waals surface area contributed by atoms with Gasteiger partial charge < -0.3 is 14.0 Å². The second kappa shape index (κ2) is 13.6. The lowest BCUT2D eigenvalue weighted by Gasteiger charge is -2.21. The lowest BCUT2D eigenvalue weighted by Crippen LogP contribution is -2.25. The van der Waals surface area contributed by atoms with Gasteiger partial charge in [0.05, 0.1) is 15.6 Å². The van der Waals surface area contributed by atoms with Crippen molar-refractivity contribution in [2.75, 3.05) is 13.2 Å². The molecule has 0 fully saturated rings. The van der Waals surface area contributed by atoms with E-state index in [1.807, 2.05) is 43.4 Å². The van der Waals surface area contributed by atoms with Crippen molar-refractivity contribution in [3.63, 3.8) is 0 Å². The first-order valence-electron chi connectivity index (χ1n) is 13.1. The minimum absolute atomic E-state index is 0.00307. The van der Waals surface area contributed by atoms with E-state index >= 15 is 0 Å². The molecule has 2 aromatic heterocycles. The van der Waals surface area contributed by atoms with E-state index in [1.54, 1.807) is 20.8 Å². The van der Waals surface area contributed by atoms with Crippen LogP contribution in [-0.4, -0.2) is 39.7 Å². The van der Waals surface area contributed by atoms with Crippen LogP contribution in [0.2, 0.25) is 0 Å². The molecule has 0 saturated heterocycles.